The van der Waals surface area contributed by atoms with Crippen LogP contribution in [0.1, 0.15) is 18.9 Å². The summed E-state index contributed by atoms with van der Waals surface area (Å²) in [5.41, 5.74) is 2.98. The van der Waals surface area contributed by atoms with Crippen LogP contribution in [-0.4, -0.2) is 18.6 Å². The van der Waals surface area contributed by atoms with E-state index < -0.39 is 10.0 Å². The Balaban J connectivity index is 1.56. The normalized spacial score (nSPS) is 11.4. The molecule has 1 N–H and O–H groups in total. The maximum absolute atomic E-state index is 12.7. The standard InChI is InChI=1S/C23H21N3O3S/c1-2-7-17-12-14-21(15-13-17)30(27,28)26-20-11-6-10-19(16-20)23-25-24-22(29-23)18-8-4-3-5-9-18/h3-6,8-16,26H,2,7H2,1H3. The second-order valence-electron chi connectivity index (χ2n) is 6.86. The zero-order chi connectivity index (χ0) is 21.0. The number of aromatic nitrogens is 2. The van der Waals surface area contributed by atoms with Crippen molar-refractivity contribution in [2.75, 3.05) is 4.72 Å². The van der Waals surface area contributed by atoms with Gasteiger partial charge in [-0.3, -0.25) is 4.72 Å². The van der Waals surface area contributed by atoms with Gasteiger partial charge in [0.05, 0.1) is 4.90 Å². The number of rotatable bonds is 7. The summed E-state index contributed by atoms with van der Waals surface area (Å²) in [5.74, 6) is 0.725. The molecule has 0 amide bonds. The third kappa shape index (κ3) is 4.41. The first kappa shape index (κ1) is 19.8. The van der Waals surface area contributed by atoms with E-state index in [1.165, 1.54) is 0 Å². The van der Waals surface area contributed by atoms with Crippen molar-refractivity contribution in [3.8, 4) is 22.9 Å². The minimum atomic E-state index is -3.70. The van der Waals surface area contributed by atoms with E-state index in [2.05, 4.69) is 21.8 Å². The van der Waals surface area contributed by atoms with E-state index in [1.807, 2.05) is 42.5 Å². The first-order valence-electron chi connectivity index (χ1n) is 9.66. The van der Waals surface area contributed by atoms with Gasteiger partial charge in [-0.15, -0.1) is 10.2 Å². The molecule has 0 fully saturated rings. The molecule has 0 aliphatic rings. The van der Waals surface area contributed by atoms with Crippen LogP contribution in [0.25, 0.3) is 22.9 Å². The number of hydrogen-bond acceptors (Lipinski definition) is 5. The van der Waals surface area contributed by atoms with Gasteiger partial charge >= 0.3 is 0 Å². The van der Waals surface area contributed by atoms with Gasteiger partial charge in [-0.2, -0.15) is 0 Å². The number of hydrogen-bond donors (Lipinski definition) is 1. The smallest absolute Gasteiger partial charge is 0.261 e. The Kier molecular flexibility index (Phi) is 5.63. The van der Waals surface area contributed by atoms with Gasteiger partial charge in [0.25, 0.3) is 10.0 Å². The van der Waals surface area contributed by atoms with Crippen molar-refractivity contribution in [2.24, 2.45) is 0 Å². The van der Waals surface area contributed by atoms with E-state index in [9.17, 15) is 8.42 Å². The Hall–Kier alpha value is -3.45. The number of sulfonamides is 1. The monoisotopic (exact) mass is 419 g/mol. The fourth-order valence-corrected chi connectivity index (χ4v) is 4.14. The molecule has 0 unspecified atom stereocenters. The van der Waals surface area contributed by atoms with Gasteiger partial charge in [0.2, 0.25) is 11.8 Å². The van der Waals surface area contributed by atoms with Gasteiger partial charge in [-0.25, -0.2) is 8.42 Å². The molecule has 0 saturated heterocycles. The highest BCUT2D eigenvalue weighted by Gasteiger charge is 2.16. The van der Waals surface area contributed by atoms with Crippen molar-refractivity contribution in [1.82, 2.24) is 10.2 Å². The van der Waals surface area contributed by atoms with Crippen molar-refractivity contribution in [1.29, 1.82) is 0 Å². The van der Waals surface area contributed by atoms with Gasteiger partial charge in [-0.1, -0.05) is 49.7 Å². The van der Waals surface area contributed by atoms with E-state index in [4.69, 9.17) is 4.42 Å². The molecule has 0 aliphatic heterocycles. The Bertz CT molecular complexity index is 1230. The lowest BCUT2D eigenvalue weighted by atomic mass is 10.1. The number of nitrogens with one attached hydrogen (secondary N) is 1. The molecule has 0 spiro atoms. The first-order valence-corrected chi connectivity index (χ1v) is 11.1. The molecule has 6 nitrogen and oxygen atoms in total. The number of anilines is 1. The Labute approximate surface area is 175 Å². The topological polar surface area (TPSA) is 85.1 Å². The number of benzene rings is 3. The molecule has 4 aromatic rings. The highest BCUT2D eigenvalue weighted by molar-refractivity contribution is 7.92. The molecule has 3 aromatic carbocycles. The van der Waals surface area contributed by atoms with E-state index in [0.717, 1.165) is 24.0 Å². The van der Waals surface area contributed by atoms with Crippen molar-refractivity contribution in [2.45, 2.75) is 24.7 Å². The summed E-state index contributed by atoms with van der Waals surface area (Å²) in [6.45, 7) is 2.09. The van der Waals surface area contributed by atoms with Crippen LogP contribution in [0.4, 0.5) is 5.69 Å². The largest absolute Gasteiger partial charge is 0.416 e. The fourth-order valence-electron chi connectivity index (χ4n) is 3.09. The van der Waals surface area contributed by atoms with Crippen LogP contribution in [0, 0.1) is 0 Å². The van der Waals surface area contributed by atoms with Gasteiger partial charge < -0.3 is 4.42 Å². The van der Waals surface area contributed by atoms with Crippen molar-refractivity contribution in [3.63, 3.8) is 0 Å². The Morgan fingerprint density at radius 3 is 2.20 bits per heavy atom. The zero-order valence-corrected chi connectivity index (χ0v) is 17.3. The second-order valence-corrected chi connectivity index (χ2v) is 8.54. The summed E-state index contributed by atoms with van der Waals surface area (Å²) in [7, 11) is -3.70. The minimum absolute atomic E-state index is 0.219. The molecular formula is C23H21N3O3S. The average Bonchev–Trinajstić information content (AvgIpc) is 3.25. The fraction of sp³-hybridized carbons (Fsp3) is 0.130. The maximum Gasteiger partial charge on any atom is 0.261 e. The third-order valence-corrected chi connectivity index (χ3v) is 5.98. The quantitative estimate of drug-likeness (QED) is 0.447. The molecule has 4 rings (SSSR count). The molecule has 0 bridgehead atoms. The molecule has 0 saturated carbocycles. The summed E-state index contributed by atoms with van der Waals surface area (Å²) in [6.07, 6.45) is 1.93. The van der Waals surface area contributed by atoms with Gasteiger partial charge in [-0.05, 0) is 54.4 Å². The molecule has 0 atom stereocenters. The summed E-state index contributed by atoms with van der Waals surface area (Å²) >= 11 is 0. The lowest BCUT2D eigenvalue weighted by molar-refractivity contribution is 0.584. The van der Waals surface area contributed by atoms with Crippen LogP contribution < -0.4 is 4.72 Å². The predicted octanol–water partition coefficient (Wildman–Crippen LogP) is 5.16. The van der Waals surface area contributed by atoms with Gasteiger partial charge in [0.1, 0.15) is 0 Å². The summed E-state index contributed by atoms with van der Waals surface area (Å²) < 4.78 is 33.9. The van der Waals surface area contributed by atoms with Crippen molar-refractivity contribution < 1.29 is 12.8 Å². The molecule has 30 heavy (non-hydrogen) atoms. The van der Waals surface area contributed by atoms with Crippen LogP contribution in [0.15, 0.2) is 88.2 Å². The first-order chi connectivity index (χ1) is 14.5. The van der Waals surface area contributed by atoms with Crippen molar-refractivity contribution >= 4 is 15.7 Å². The van der Waals surface area contributed by atoms with Crippen LogP contribution >= 0.6 is 0 Å². The Morgan fingerprint density at radius 1 is 0.833 bits per heavy atom. The zero-order valence-electron chi connectivity index (χ0n) is 16.4. The van der Waals surface area contributed by atoms with E-state index in [0.29, 0.717) is 23.0 Å². The van der Waals surface area contributed by atoms with E-state index in [1.54, 1.807) is 36.4 Å². The Morgan fingerprint density at radius 2 is 1.50 bits per heavy atom. The SMILES string of the molecule is CCCc1ccc(S(=O)(=O)Nc2cccc(-c3nnc(-c4ccccc4)o3)c2)cc1. The second kappa shape index (κ2) is 8.51. The molecule has 1 aromatic heterocycles. The average molecular weight is 420 g/mol. The van der Waals surface area contributed by atoms with Crippen LogP contribution in [0.2, 0.25) is 0 Å². The number of nitrogens with zero attached hydrogens (tertiary/aromatic N) is 2. The molecule has 1 heterocycles. The highest BCUT2D eigenvalue weighted by Crippen LogP contribution is 2.26. The van der Waals surface area contributed by atoms with Crippen LogP contribution in [0.3, 0.4) is 0 Å². The predicted molar refractivity (Wildman–Crippen MR) is 116 cm³/mol. The molecule has 152 valence electrons. The minimum Gasteiger partial charge on any atom is -0.416 e. The highest BCUT2D eigenvalue weighted by atomic mass is 32.2. The molecule has 0 aliphatic carbocycles. The summed E-state index contributed by atoms with van der Waals surface area (Å²) in [4.78, 5) is 0.219. The summed E-state index contributed by atoms with van der Waals surface area (Å²) in [5, 5.41) is 8.17. The van der Waals surface area contributed by atoms with E-state index >= 15 is 0 Å². The summed E-state index contributed by atoms with van der Waals surface area (Å²) in [6, 6.07) is 23.3. The maximum atomic E-state index is 12.7. The van der Waals surface area contributed by atoms with Crippen LogP contribution in [0.5, 0.6) is 0 Å². The molecule has 7 heteroatoms. The van der Waals surface area contributed by atoms with E-state index in [-0.39, 0.29) is 4.90 Å². The van der Waals surface area contributed by atoms with Gasteiger partial charge in [0.15, 0.2) is 0 Å². The van der Waals surface area contributed by atoms with Crippen molar-refractivity contribution in [3.05, 3.63) is 84.4 Å². The molecular weight excluding hydrogens is 398 g/mol. The lowest BCUT2D eigenvalue weighted by Gasteiger charge is -2.09. The molecule has 0 radical (unpaired) electrons. The van der Waals surface area contributed by atoms with Gasteiger partial charge in [0, 0.05) is 16.8 Å². The van der Waals surface area contributed by atoms with Crippen LogP contribution in [-0.2, 0) is 16.4 Å². The third-order valence-electron chi connectivity index (χ3n) is 4.58. The number of aryl methyl sites for hydroxylation is 1. The lowest BCUT2D eigenvalue weighted by Crippen LogP contribution is -2.13.